The minimum Gasteiger partial charge on any atom is -0.465 e. The average molecular weight is 174 g/mol. The summed E-state index contributed by atoms with van der Waals surface area (Å²) in [5.41, 5.74) is 1.33. The van der Waals surface area contributed by atoms with Gasteiger partial charge in [-0.3, -0.25) is 0 Å². The summed E-state index contributed by atoms with van der Waals surface area (Å²) in [5, 5.41) is 0. The minimum absolute atomic E-state index is 0.551. The second-order valence-electron chi connectivity index (χ2n) is 3.38. The molecule has 0 aromatic heterocycles. The van der Waals surface area contributed by atoms with Crippen LogP contribution in [0.1, 0.15) is 31.2 Å². The average Bonchev–Trinajstić information content (AvgIpc) is 2.19. The fourth-order valence-electron chi connectivity index (χ4n) is 1.77. The molecule has 1 heteroatoms. The molecule has 0 spiro atoms. The molecule has 0 saturated carbocycles. The third-order valence-electron chi connectivity index (χ3n) is 2.42. The Kier molecular flexibility index (Phi) is 2.35. The van der Waals surface area contributed by atoms with Crippen LogP contribution in [0.25, 0.3) is 0 Å². The largest absolute Gasteiger partial charge is 0.465 e. The summed E-state index contributed by atoms with van der Waals surface area (Å²) < 4.78 is 5.42. The van der Waals surface area contributed by atoms with Gasteiger partial charge >= 0.3 is 0 Å². The maximum atomic E-state index is 5.42. The van der Waals surface area contributed by atoms with Crippen molar-refractivity contribution in [3.05, 3.63) is 42.2 Å². The molecule has 0 fully saturated rings. The van der Waals surface area contributed by atoms with Crippen LogP contribution in [0.4, 0.5) is 0 Å². The van der Waals surface area contributed by atoms with Gasteiger partial charge in [0.1, 0.15) is 5.75 Å². The first-order valence-electron chi connectivity index (χ1n) is 4.84. The third-order valence-corrected chi connectivity index (χ3v) is 2.42. The number of rotatable bonds is 2. The first-order valence-corrected chi connectivity index (χ1v) is 4.84. The lowest BCUT2D eigenvalue weighted by atomic mass is 9.93. The molecule has 1 nitrogen and oxygen atoms in total. The summed E-state index contributed by atoms with van der Waals surface area (Å²) in [6.07, 6.45) is 6.37. The maximum absolute atomic E-state index is 5.42. The summed E-state index contributed by atoms with van der Waals surface area (Å²) in [7, 11) is 0. The van der Waals surface area contributed by atoms with Crippen LogP contribution in [-0.2, 0) is 0 Å². The van der Waals surface area contributed by atoms with Gasteiger partial charge in [0.05, 0.1) is 6.26 Å². The second kappa shape index (κ2) is 3.65. The number of benzene rings is 1. The standard InChI is InChI=1S/C12H14O/c1-2-5-10-8-9-13-12-7-4-3-6-11(10)12/h3-4,6-10H,2,5H2,1H3. The number of allylic oxidation sites excluding steroid dienone is 1. The molecule has 2 rings (SSSR count). The van der Waals surface area contributed by atoms with Crippen molar-refractivity contribution in [3.63, 3.8) is 0 Å². The number of fused-ring (bicyclic) bond motifs is 1. The van der Waals surface area contributed by atoms with Gasteiger partial charge in [0.25, 0.3) is 0 Å². The topological polar surface area (TPSA) is 9.23 Å². The van der Waals surface area contributed by atoms with E-state index >= 15 is 0 Å². The van der Waals surface area contributed by atoms with Crippen LogP contribution in [0.3, 0.4) is 0 Å². The minimum atomic E-state index is 0.551. The molecule has 0 saturated heterocycles. The maximum Gasteiger partial charge on any atom is 0.130 e. The molecule has 13 heavy (non-hydrogen) atoms. The summed E-state index contributed by atoms with van der Waals surface area (Å²) in [6, 6.07) is 8.27. The SMILES string of the molecule is CCCC1C=COc2ccccc21. The number of hydrogen-bond donors (Lipinski definition) is 0. The first kappa shape index (κ1) is 8.36. The lowest BCUT2D eigenvalue weighted by molar-refractivity contribution is 0.448. The van der Waals surface area contributed by atoms with Gasteiger partial charge in [-0.1, -0.05) is 31.5 Å². The Morgan fingerprint density at radius 1 is 1.31 bits per heavy atom. The molecule has 0 amide bonds. The van der Waals surface area contributed by atoms with E-state index in [9.17, 15) is 0 Å². The van der Waals surface area contributed by atoms with Crippen LogP contribution in [0, 0.1) is 0 Å². The Morgan fingerprint density at radius 3 is 3.00 bits per heavy atom. The predicted molar refractivity (Wildman–Crippen MR) is 53.9 cm³/mol. The zero-order valence-corrected chi connectivity index (χ0v) is 7.86. The van der Waals surface area contributed by atoms with Crippen LogP contribution in [0.5, 0.6) is 5.75 Å². The van der Waals surface area contributed by atoms with Crippen molar-refractivity contribution >= 4 is 0 Å². The molecule has 1 aliphatic heterocycles. The number of para-hydroxylation sites is 1. The van der Waals surface area contributed by atoms with Crippen molar-refractivity contribution in [1.29, 1.82) is 0 Å². The zero-order valence-electron chi connectivity index (χ0n) is 7.86. The molecule has 0 radical (unpaired) electrons. The Morgan fingerprint density at radius 2 is 2.15 bits per heavy atom. The fraction of sp³-hybridized carbons (Fsp3) is 0.333. The molecule has 1 aromatic carbocycles. The Bertz CT molecular complexity index is 315. The lowest BCUT2D eigenvalue weighted by Gasteiger charge is -2.19. The Balaban J connectivity index is 2.31. The van der Waals surface area contributed by atoms with E-state index in [-0.39, 0.29) is 0 Å². The van der Waals surface area contributed by atoms with E-state index in [4.69, 9.17) is 4.74 Å². The molecule has 1 heterocycles. The van der Waals surface area contributed by atoms with Gasteiger partial charge in [-0.25, -0.2) is 0 Å². The highest BCUT2D eigenvalue weighted by atomic mass is 16.5. The van der Waals surface area contributed by atoms with Crippen molar-refractivity contribution < 1.29 is 4.74 Å². The number of ether oxygens (including phenoxy) is 1. The smallest absolute Gasteiger partial charge is 0.130 e. The highest BCUT2D eigenvalue weighted by molar-refractivity contribution is 5.40. The highest BCUT2D eigenvalue weighted by Gasteiger charge is 2.15. The molecule has 0 aliphatic carbocycles. The fourth-order valence-corrected chi connectivity index (χ4v) is 1.77. The molecule has 0 N–H and O–H groups in total. The van der Waals surface area contributed by atoms with E-state index < -0.39 is 0 Å². The second-order valence-corrected chi connectivity index (χ2v) is 3.38. The predicted octanol–water partition coefficient (Wildman–Crippen LogP) is 3.48. The summed E-state index contributed by atoms with van der Waals surface area (Å²) >= 11 is 0. The monoisotopic (exact) mass is 174 g/mol. The molecule has 68 valence electrons. The normalized spacial score (nSPS) is 19.3. The van der Waals surface area contributed by atoms with Crippen molar-refractivity contribution in [2.45, 2.75) is 25.7 Å². The van der Waals surface area contributed by atoms with E-state index in [0.717, 1.165) is 5.75 Å². The highest BCUT2D eigenvalue weighted by Crippen LogP contribution is 2.33. The van der Waals surface area contributed by atoms with Crippen LogP contribution >= 0.6 is 0 Å². The first-order chi connectivity index (χ1) is 6.42. The van der Waals surface area contributed by atoms with Crippen LogP contribution in [0.15, 0.2) is 36.6 Å². The van der Waals surface area contributed by atoms with Crippen LogP contribution in [0.2, 0.25) is 0 Å². The van der Waals surface area contributed by atoms with Crippen molar-refractivity contribution in [2.75, 3.05) is 0 Å². The Hall–Kier alpha value is -1.24. The molecule has 0 bridgehead atoms. The van der Waals surface area contributed by atoms with E-state index in [0.29, 0.717) is 5.92 Å². The zero-order chi connectivity index (χ0) is 9.10. The van der Waals surface area contributed by atoms with Crippen molar-refractivity contribution in [3.8, 4) is 5.75 Å². The van der Waals surface area contributed by atoms with E-state index in [1.807, 2.05) is 18.4 Å². The molecule has 1 atom stereocenters. The van der Waals surface area contributed by atoms with Gasteiger partial charge in [0, 0.05) is 11.5 Å². The van der Waals surface area contributed by atoms with Crippen LogP contribution in [-0.4, -0.2) is 0 Å². The summed E-state index contributed by atoms with van der Waals surface area (Å²) in [4.78, 5) is 0. The van der Waals surface area contributed by atoms with Gasteiger partial charge in [-0.15, -0.1) is 0 Å². The van der Waals surface area contributed by atoms with Crippen LogP contribution < -0.4 is 4.74 Å². The molecule has 1 unspecified atom stereocenters. The third kappa shape index (κ3) is 1.59. The van der Waals surface area contributed by atoms with Crippen molar-refractivity contribution in [2.24, 2.45) is 0 Å². The van der Waals surface area contributed by atoms with E-state index in [1.54, 1.807) is 0 Å². The van der Waals surface area contributed by atoms with Gasteiger partial charge in [0.2, 0.25) is 0 Å². The lowest BCUT2D eigenvalue weighted by Crippen LogP contribution is -2.03. The van der Waals surface area contributed by atoms with Gasteiger partial charge in [0.15, 0.2) is 0 Å². The molecule has 1 aliphatic rings. The van der Waals surface area contributed by atoms with Gasteiger partial charge < -0.3 is 4.74 Å². The molecule has 1 aromatic rings. The molecular formula is C12H14O. The quantitative estimate of drug-likeness (QED) is 0.667. The summed E-state index contributed by atoms with van der Waals surface area (Å²) in [6.45, 7) is 2.21. The van der Waals surface area contributed by atoms with E-state index in [1.165, 1.54) is 18.4 Å². The van der Waals surface area contributed by atoms with Crippen molar-refractivity contribution in [1.82, 2.24) is 0 Å². The van der Waals surface area contributed by atoms with Gasteiger partial charge in [-0.05, 0) is 18.6 Å². The Labute approximate surface area is 79.0 Å². The number of hydrogen-bond acceptors (Lipinski definition) is 1. The van der Waals surface area contributed by atoms with E-state index in [2.05, 4.69) is 25.1 Å². The summed E-state index contributed by atoms with van der Waals surface area (Å²) in [5.74, 6) is 1.57. The molecular weight excluding hydrogens is 160 g/mol. The van der Waals surface area contributed by atoms with Gasteiger partial charge in [-0.2, -0.15) is 0 Å².